The van der Waals surface area contributed by atoms with E-state index in [4.69, 9.17) is 0 Å². The molecular formula is C17H28N4. The maximum atomic E-state index is 4.43. The molecule has 1 aromatic rings. The third-order valence-corrected chi connectivity index (χ3v) is 5.00. The molecule has 2 heterocycles. The quantitative estimate of drug-likeness (QED) is 0.924. The van der Waals surface area contributed by atoms with E-state index in [1.807, 2.05) is 18.5 Å². The van der Waals surface area contributed by atoms with Gasteiger partial charge in [-0.25, -0.2) is 9.97 Å². The van der Waals surface area contributed by atoms with Gasteiger partial charge in [-0.05, 0) is 31.2 Å². The first-order valence-electron chi connectivity index (χ1n) is 8.42. The van der Waals surface area contributed by atoms with Crippen LogP contribution in [0.5, 0.6) is 0 Å². The van der Waals surface area contributed by atoms with E-state index in [2.05, 4.69) is 34.0 Å². The minimum absolute atomic E-state index is 0.363. The van der Waals surface area contributed by atoms with E-state index in [1.165, 1.54) is 32.1 Å². The van der Waals surface area contributed by atoms with Crippen molar-refractivity contribution in [2.24, 2.45) is 5.92 Å². The molecule has 1 aromatic heterocycles. The van der Waals surface area contributed by atoms with E-state index in [9.17, 15) is 0 Å². The lowest BCUT2D eigenvalue weighted by Gasteiger charge is -2.46. The van der Waals surface area contributed by atoms with E-state index in [0.717, 1.165) is 31.4 Å². The molecule has 4 nitrogen and oxygen atoms in total. The molecule has 0 amide bonds. The second-order valence-corrected chi connectivity index (χ2v) is 7.22. The molecule has 1 atom stereocenters. The van der Waals surface area contributed by atoms with Gasteiger partial charge in [0.15, 0.2) is 0 Å². The van der Waals surface area contributed by atoms with Gasteiger partial charge in [-0.15, -0.1) is 0 Å². The molecule has 21 heavy (non-hydrogen) atoms. The van der Waals surface area contributed by atoms with Crippen LogP contribution in [0.4, 0.5) is 0 Å². The summed E-state index contributed by atoms with van der Waals surface area (Å²) in [5, 5.41) is 3.88. The number of aromatic nitrogens is 2. The predicted molar refractivity (Wildman–Crippen MR) is 84.9 cm³/mol. The Hall–Kier alpha value is -1.00. The van der Waals surface area contributed by atoms with Crippen LogP contribution < -0.4 is 5.32 Å². The number of hydrogen-bond donors (Lipinski definition) is 1. The van der Waals surface area contributed by atoms with Crippen molar-refractivity contribution in [2.75, 3.05) is 13.1 Å². The normalized spacial score (nSPS) is 25.8. The average Bonchev–Trinajstić information content (AvgIpc) is 2.91. The number of rotatable bonds is 4. The molecule has 0 bridgehead atoms. The Balaban J connectivity index is 1.72. The lowest BCUT2D eigenvalue weighted by atomic mass is 9.90. The second-order valence-electron chi connectivity index (χ2n) is 7.22. The monoisotopic (exact) mass is 288 g/mol. The van der Waals surface area contributed by atoms with Gasteiger partial charge in [0.25, 0.3) is 0 Å². The van der Waals surface area contributed by atoms with Crippen LogP contribution in [0.3, 0.4) is 0 Å². The SMILES string of the molecule is CC(C)CC1CNC2(CCCC2)CN1Cc1ncccn1. The summed E-state index contributed by atoms with van der Waals surface area (Å²) in [5.41, 5.74) is 0.363. The van der Waals surface area contributed by atoms with Crippen LogP contribution in [0.2, 0.25) is 0 Å². The molecule has 116 valence electrons. The Morgan fingerprint density at radius 2 is 2.00 bits per heavy atom. The van der Waals surface area contributed by atoms with E-state index in [1.54, 1.807) is 0 Å². The highest BCUT2D eigenvalue weighted by atomic mass is 15.3. The van der Waals surface area contributed by atoms with E-state index in [-0.39, 0.29) is 0 Å². The van der Waals surface area contributed by atoms with Gasteiger partial charge in [-0.3, -0.25) is 4.90 Å². The second kappa shape index (κ2) is 6.41. The fraction of sp³-hybridized carbons (Fsp3) is 0.765. The van der Waals surface area contributed by atoms with Gasteiger partial charge in [0.05, 0.1) is 6.54 Å². The van der Waals surface area contributed by atoms with Crippen molar-refractivity contribution in [3.8, 4) is 0 Å². The van der Waals surface area contributed by atoms with Crippen LogP contribution in [0.1, 0.15) is 51.8 Å². The Kier molecular flexibility index (Phi) is 4.55. The Morgan fingerprint density at radius 3 is 2.67 bits per heavy atom. The molecule has 1 saturated carbocycles. The van der Waals surface area contributed by atoms with Gasteiger partial charge in [0, 0.05) is 37.1 Å². The Labute approximate surface area is 128 Å². The molecule has 1 spiro atoms. The van der Waals surface area contributed by atoms with Crippen LogP contribution in [0, 0.1) is 5.92 Å². The van der Waals surface area contributed by atoms with Gasteiger partial charge in [0.1, 0.15) is 5.82 Å². The van der Waals surface area contributed by atoms with E-state index in [0.29, 0.717) is 11.6 Å². The van der Waals surface area contributed by atoms with Gasteiger partial charge in [-0.1, -0.05) is 26.7 Å². The Morgan fingerprint density at radius 1 is 1.29 bits per heavy atom. The van der Waals surface area contributed by atoms with Crippen molar-refractivity contribution in [2.45, 2.75) is 64.1 Å². The molecule has 1 N–H and O–H groups in total. The summed E-state index contributed by atoms with van der Waals surface area (Å²) in [6, 6.07) is 2.51. The minimum Gasteiger partial charge on any atom is -0.308 e. The molecule has 1 aliphatic carbocycles. The molecule has 1 unspecified atom stereocenters. The van der Waals surface area contributed by atoms with Crippen molar-refractivity contribution in [1.82, 2.24) is 20.2 Å². The lowest BCUT2D eigenvalue weighted by Crippen LogP contribution is -2.63. The summed E-state index contributed by atoms with van der Waals surface area (Å²) in [7, 11) is 0. The summed E-state index contributed by atoms with van der Waals surface area (Å²) in [4.78, 5) is 11.5. The molecule has 4 heteroatoms. The average molecular weight is 288 g/mol. The summed E-state index contributed by atoms with van der Waals surface area (Å²) >= 11 is 0. The lowest BCUT2D eigenvalue weighted by molar-refractivity contribution is 0.0609. The zero-order valence-electron chi connectivity index (χ0n) is 13.4. The van der Waals surface area contributed by atoms with Gasteiger partial charge < -0.3 is 5.32 Å². The van der Waals surface area contributed by atoms with Gasteiger partial charge in [0.2, 0.25) is 0 Å². The zero-order chi connectivity index (χ0) is 14.7. The van der Waals surface area contributed by atoms with Gasteiger partial charge >= 0.3 is 0 Å². The molecule has 0 aromatic carbocycles. The number of nitrogens with one attached hydrogen (secondary N) is 1. The van der Waals surface area contributed by atoms with Crippen molar-refractivity contribution < 1.29 is 0 Å². The largest absolute Gasteiger partial charge is 0.308 e. The standard InChI is InChI=1S/C17H28N4/c1-14(2)10-15-11-20-17(6-3-4-7-17)13-21(15)12-16-18-8-5-9-19-16/h5,8-9,14-15,20H,3-4,6-7,10-13H2,1-2H3. The van der Waals surface area contributed by atoms with E-state index < -0.39 is 0 Å². The topological polar surface area (TPSA) is 41.0 Å². The summed E-state index contributed by atoms with van der Waals surface area (Å²) in [6.45, 7) is 7.80. The van der Waals surface area contributed by atoms with Crippen molar-refractivity contribution >= 4 is 0 Å². The van der Waals surface area contributed by atoms with E-state index >= 15 is 0 Å². The first-order valence-corrected chi connectivity index (χ1v) is 8.42. The number of nitrogens with zero attached hydrogens (tertiary/aromatic N) is 3. The minimum atomic E-state index is 0.363. The van der Waals surface area contributed by atoms with Crippen LogP contribution in [-0.2, 0) is 6.54 Å². The number of piperazine rings is 1. The summed E-state index contributed by atoms with van der Waals surface area (Å²) in [5.74, 6) is 1.69. The summed E-state index contributed by atoms with van der Waals surface area (Å²) < 4.78 is 0. The fourth-order valence-electron chi connectivity index (χ4n) is 3.98. The highest BCUT2D eigenvalue weighted by Crippen LogP contribution is 2.34. The van der Waals surface area contributed by atoms with Crippen LogP contribution in [-0.4, -0.2) is 39.5 Å². The molecule has 2 aliphatic rings. The molecule has 1 aliphatic heterocycles. The van der Waals surface area contributed by atoms with Crippen LogP contribution in [0.25, 0.3) is 0 Å². The van der Waals surface area contributed by atoms with Crippen LogP contribution in [0.15, 0.2) is 18.5 Å². The highest BCUT2D eigenvalue weighted by Gasteiger charge is 2.41. The highest BCUT2D eigenvalue weighted by molar-refractivity contribution is 5.02. The molecular weight excluding hydrogens is 260 g/mol. The fourth-order valence-corrected chi connectivity index (χ4v) is 3.98. The summed E-state index contributed by atoms with van der Waals surface area (Å²) in [6.07, 6.45) is 10.4. The van der Waals surface area contributed by atoms with Crippen molar-refractivity contribution in [1.29, 1.82) is 0 Å². The molecule has 0 radical (unpaired) electrons. The van der Waals surface area contributed by atoms with Crippen molar-refractivity contribution in [3.05, 3.63) is 24.3 Å². The zero-order valence-corrected chi connectivity index (χ0v) is 13.4. The molecule has 3 rings (SSSR count). The smallest absolute Gasteiger partial charge is 0.142 e. The van der Waals surface area contributed by atoms with Crippen molar-refractivity contribution in [3.63, 3.8) is 0 Å². The van der Waals surface area contributed by atoms with Gasteiger partial charge in [-0.2, -0.15) is 0 Å². The maximum absolute atomic E-state index is 4.43. The van der Waals surface area contributed by atoms with Crippen LogP contribution >= 0.6 is 0 Å². The molecule has 2 fully saturated rings. The predicted octanol–water partition coefficient (Wildman–Crippen LogP) is 2.61. The third-order valence-electron chi connectivity index (χ3n) is 5.00. The maximum Gasteiger partial charge on any atom is 0.142 e. The first kappa shape index (κ1) is 14.9. The molecule has 1 saturated heterocycles. The third kappa shape index (κ3) is 3.61. The first-order chi connectivity index (χ1) is 10.2. The Bertz CT molecular complexity index is 439. The number of hydrogen-bond acceptors (Lipinski definition) is 4.